The number of aliphatic hydroxyl groups is 1. The molecule has 0 fully saturated rings. The van der Waals surface area contributed by atoms with Crippen molar-refractivity contribution in [1.29, 1.82) is 0 Å². The summed E-state index contributed by atoms with van der Waals surface area (Å²) < 4.78 is 68.8. The molecule has 0 aliphatic rings. The number of ether oxygens (including phenoxy) is 4. The third-order valence-electron chi connectivity index (χ3n) is 19.4. The van der Waals surface area contributed by atoms with Crippen molar-refractivity contribution in [2.75, 3.05) is 39.6 Å². The van der Waals surface area contributed by atoms with Gasteiger partial charge in [-0.25, -0.2) is 9.13 Å². The lowest BCUT2D eigenvalue weighted by molar-refractivity contribution is -0.161. The predicted octanol–water partition coefficient (Wildman–Crippen LogP) is 24.9. The van der Waals surface area contributed by atoms with E-state index in [1.54, 1.807) is 0 Å². The van der Waals surface area contributed by atoms with E-state index in [2.05, 4.69) is 48.5 Å². The number of phosphoric ester groups is 2. The molecule has 0 bridgehead atoms. The summed E-state index contributed by atoms with van der Waals surface area (Å²) in [5.41, 5.74) is 0. The average Bonchev–Trinajstić information content (AvgIpc) is 0.912. The van der Waals surface area contributed by atoms with E-state index < -0.39 is 97.5 Å². The molecule has 0 radical (unpaired) electrons. The van der Waals surface area contributed by atoms with Gasteiger partial charge in [-0.3, -0.25) is 37.3 Å². The van der Waals surface area contributed by atoms with Gasteiger partial charge in [0.25, 0.3) is 0 Å². The van der Waals surface area contributed by atoms with E-state index in [0.717, 1.165) is 108 Å². The minimum atomic E-state index is -4.96. The molecule has 606 valence electrons. The standard InChI is InChI=1S/C83H162O17P2/c1-8-9-10-11-12-13-14-21-28-36-43-50-57-64-80(85)93-71-79(100-83(88)67-60-53-46-39-32-31-35-42-49-56-63-76(6)7)73-98-102(91,92)96-69-77(84)68-95-101(89,90)97-72-78(70-94-81(86)65-58-51-44-37-29-25-24-27-34-41-48-55-62-75(4)5)99-82(87)66-59-52-45-38-30-23-20-18-16-15-17-19-22-26-33-40-47-54-61-74(2)3/h74-79,84H,8-73H2,1-7H3,(H,89,90)(H,91,92)/t77-,78-,79-/m1/s1. The molecule has 0 aromatic heterocycles. The summed E-state index contributed by atoms with van der Waals surface area (Å²) >= 11 is 0. The van der Waals surface area contributed by atoms with Crippen LogP contribution in [0.3, 0.4) is 0 Å². The number of carbonyl (C=O) groups excluding carboxylic acids is 4. The first-order valence-electron chi connectivity index (χ1n) is 42.8. The molecule has 2 unspecified atom stereocenters. The van der Waals surface area contributed by atoms with Crippen molar-refractivity contribution in [2.24, 2.45) is 17.8 Å². The van der Waals surface area contributed by atoms with Crippen LogP contribution in [0.2, 0.25) is 0 Å². The fourth-order valence-electron chi connectivity index (χ4n) is 12.8. The van der Waals surface area contributed by atoms with Gasteiger partial charge in [0.15, 0.2) is 12.2 Å². The van der Waals surface area contributed by atoms with E-state index in [1.165, 1.54) is 244 Å². The number of hydrogen-bond acceptors (Lipinski definition) is 15. The zero-order valence-corrected chi connectivity index (χ0v) is 68.9. The third kappa shape index (κ3) is 76.3. The second-order valence-electron chi connectivity index (χ2n) is 31.3. The van der Waals surface area contributed by atoms with Crippen LogP contribution >= 0.6 is 15.6 Å². The molecule has 0 saturated heterocycles. The van der Waals surface area contributed by atoms with Crippen LogP contribution in [0, 0.1) is 17.8 Å². The molecule has 0 aromatic rings. The van der Waals surface area contributed by atoms with Crippen LogP contribution in [-0.4, -0.2) is 96.7 Å². The van der Waals surface area contributed by atoms with E-state index in [0.29, 0.717) is 25.7 Å². The molecule has 3 N–H and O–H groups in total. The SMILES string of the molecule is CCCCCCCCCCCCCCCC(=O)OC[C@H](COP(=O)(O)OC[C@H](O)COP(=O)(O)OC[C@@H](COC(=O)CCCCCCCCCCCCCCC(C)C)OC(=O)CCCCCCCCCCCCCCCCCCCCC(C)C)OC(=O)CCCCCCCCCCCCC(C)C. The summed E-state index contributed by atoms with van der Waals surface area (Å²) in [6.45, 7) is 12.0. The van der Waals surface area contributed by atoms with Gasteiger partial charge in [-0.15, -0.1) is 0 Å². The number of carbonyl (C=O) groups is 4. The Morgan fingerprint density at radius 2 is 0.451 bits per heavy atom. The quantitative estimate of drug-likeness (QED) is 0.0222. The highest BCUT2D eigenvalue weighted by atomic mass is 31.2. The average molecular weight is 1490 g/mol. The highest BCUT2D eigenvalue weighted by molar-refractivity contribution is 7.47. The van der Waals surface area contributed by atoms with Crippen molar-refractivity contribution >= 4 is 39.5 Å². The van der Waals surface area contributed by atoms with Crippen LogP contribution in [-0.2, 0) is 65.4 Å². The maximum atomic E-state index is 13.1. The van der Waals surface area contributed by atoms with Gasteiger partial charge in [0.2, 0.25) is 0 Å². The van der Waals surface area contributed by atoms with Gasteiger partial charge in [-0.2, -0.15) is 0 Å². The number of esters is 4. The summed E-state index contributed by atoms with van der Waals surface area (Å²) in [4.78, 5) is 73.1. The van der Waals surface area contributed by atoms with Gasteiger partial charge in [-0.05, 0) is 43.4 Å². The fourth-order valence-corrected chi connectivity index (χ4v) is 14.4. The van der Waals surface area contributed by atoms with Crippen molar-refractivity contribution in [1.82, 2.24) is 0 Å². The Bertz CT molecular complexity index is 1970. The molecule has 17 nitrogen and oxygen atoms in total. The molecule has 0 amide bonds. The number of rotatable bonds is 81. The van der Waals surface area contributed by atoms with Crippen LogP contribution in [0.1, 0.15) is 434 Å². The molecule has 0 heterocycles. The third-order valence-corrected chi connectivity index (χ3v) is 21.3. The summed E-state index contributed by atoms with van der Waals surface area (Å²) in [5.74, 6) is 0.247. The minimum Gasteiger partial charge on any atom is -0.462 e. The lowest BCUT2D eigenvalue weighted by Crippen LogP contribution is -2.30. The van der Waals surface area contributed by atoms with E-state index in [4.69, 9.17) is 37.0 Å². The fraction of sp³-hybridized carbons (Fsp3) is 0.952. The normalized spacial score (nSPS) is 13.9. The molecule has 0 aliphatic carbocycles. The number of unbranched alkanes of at least 4 members (excludes halogenated alkanes) is 49. The molecule has 102 heavy (non-hydrogen) atoms. The maximum absolute atomic E-state index is 13.1. The monoisotopic (exact) mass is 1490 g/mol. The van der Waals surface area contributed by atoms with Gasteiger partial charge in [0, 0.05) is 25.7 Å². The Balaban J connectivity index is 5.24. The maximum Gasteiger partial charge on any atom is 0.472 e. The number of aliphatic hydroxyl groups excluding tert-OH is 1. The van der Waals surface area contributed by atoms with Crippen molar-refractivity contribution in [3.05, 3.63) is 0 Å². The Morgan fingerprint density at radius 3 is 0.667 bits per heavy atom. The smallest absolute Gasteiger partial charge is 0.462 e. The summed E-state index contributed by atoms with van der Waals surface area (Å²) in [6, 6.07) is 0. The van der Waals surface area contributed by atoms with E-state index in [9.17, 15) is 43.2 Å². The molecule has 5 atom stereocenters. The van der Waals surface area contributed by atoms with Gasteiger partial charge in [0.1, 0.15) is 19.3 Å². The molecule has 19 heteroatoms. The number of phosphoric acid groups is 2. The minimum absolute atomic E-state index is 0.106. The van der Waals surface area contributed by atoms with Crippen molar-refractivity contribution in [3.8, 4) is 0 Å². The summed E-state index contributed by atoms with van der Waals surface area (Å²) in [7, 11) is -9.92. The summed E-state index contributed by atoms with van der Waals surface area (Å²) in [5, 5.41) is 10.7. The van der Waals surface area contributed by atoms with Crippen molar-refractivity contribution in [2.45, 2.75) is 452 Å². The van der Waals surface area contributed by atoms with E-state index >= 15 is 0 Å². The predicted molar refractivity (Wildman–Crippen MR) is 418 cm³/mol. The largest absolute Gasteiger partial charge is 0.472 e. The van der Waals surface area contributed by atoms with Gasteiger partial charge in [-0.1, -0.05) is 382 Å². The first kappa shape index (κ1) is 100. The molecule has 0 aliphatic heterocycles. The topological polar surface area (TPSA) is 237 Å². The Hall–Kier alpha value is -1.94. The first-order valence-corrected chi connectivity index (χ1v) is 45.8. The molecule has 0 aromatic carbocycles. The van der Waals surface area contributed by atoms with E-state index in [-0.39, 0.29) is 25.7 Å². The van der Waals surface area contributed by atoms with E-state index in [1.807, 2.05) is 0 Å². The molecular formula is C83H162O17P2. The Kier molecular flexibility index (Phi) is 71.8. The Labute approximate surface area is 626 Å². The zero-order valence-electron chi connectivity index (χ0n) is 67.1. The molecular weight excluding hydrogens is 1330 g/mol. The number of hydrogen-bond donors (Lipinski definition) is 3. The lowest BCUT2D eigenvalue weighted by atomic mass is 10.0. The van der Waals surface area contributed by atoms with Gasteiger partial charge < -0.3 is 33.8 Å². The molecule has 0 saturated carbocycles. The zero-order chi connectivity index (χ0) is 75.1. The van der Waals surface area contributed by atoms with Crippen LogP contribution < -0.4 is 0 Å². The first-order chi connectivity index (χ1) is 49.2. The van der Waals surface area contributed by atoms with Crippen molar-refractivity contribution < 1.29 is 80.2 Å². The molecule has 0 spiro atoms. The lowest BCUT2D eigenvalue weighted by Gasteiger charge is -2.21. The second-order valence-corrected chi connectivity index (χ2v) is 34.2. The Morgan fingerprint density at radius 1 is 0.265 bits per heavy atom. The van der Waals surface area contributed by atoms with Crippen LogP contribution in [0.5, 0.6) is 0 Å². The highest BCUT2D eigenvalue weighted by Crippen LogP contribution is 2.45. The van der Waals surface area contributed by atoms with Crippen LogP contribution in [0.25, 0.3) is 0 Å². The van der Waals surface area contributed by atoms with Gasteiger partial charge >= 0.3 is 39.5 Å². The second kappa shape index (κ2) is 73.2. The van der Waals surface area contributed by atoms with Gasteiger partial charge in [0.05, 0.1) is 26.4 Å². The summed E-state index contributed by atoms with van der Waals surface area (Å²) in [6.07, 6.45) is 62.4. The van der Waals surface area contributed by atoms with Crippen molar-refractivity contribution in [3.63, 3.8) is 0 Å². The molecule has 0 rings (SSSR count). The van der Waals surface area contributed by atoms with Crippen LogP contribution in [0.4, 0.5) is 0 Å². The van der Waals surface area contributed by atoms with Crippen LogP contribution in [0.15, 0.2) is 0 Å². The highest BCUT2D eigenvalue weighted by Gasteiger charge is 2.30.